The molecule has 3 rings (SSSR count). The first kappa shape index (κ1) is 11.6. The standard InChI is InChI=1S/C14H14N4O/c1-2-4-10-5-3-6-11(7-10)18-13-12(8-17-18)14(19)16-9-15-13/h3,5-9H,2,4H2,1H3,(H,15,16,19). The van der Waals surface area contributed by atoms with Gasteiger partial charge in [-0.25, -0.2) is 9.67 Å². The molecule has 0 aliphatic heterocycles. The number of nitrogens with zero attached hydrogens (tertiary/aromatic N) is 3. The molecule has 2 aromatic heterocycles. The van der Waals surface area contributed by atoms with Crippen LogP contribution in [0.2, 0.25) is 0 Å². The number of rotatable bonds is 3. The summed E-state index contributed by atoms with van der Waals surface area (Å²) in [5.74, 6) is 0. The highest BCUT2D eigenvalue weighted by atomic mass is 16.1. The fourth-order valence-electron chi connectivity index (χ4n) is 2.18. The summed E-state index contributed by atoms with van der Waals surface area (Å²) >= 11 is 0. The summed E-state index contributed by atoms with van der Waals surface area (Å²) in [6.45, 7) is 2.15. The Bertz CT molecular complexity index is 772. The van der Waals surface area contributed by atoms with Crippen LogP contribution < -0.4 is 5.56 Å². The summed E-state index contributed by atoms with van der Waals surface area (Å²) in [4.78, 5) is 18.4. The first-order valence-electron chi connectivity index (χ1n) is 6.30. The lowest BCUT2D eigenvalue weighted by Gasteiger charge is -2.05. The van der Waals surface area contributed by atoms with Crippen molar-refractivity contribution in [1.29, 1.82) is 0 Å². The molecule has 0 aliphatic rings. The molecule has 96 valence electrons. The second kappa shape index (κ2) is 4.68. The third-order valence-electron chi connectivity index (χ3n) is 3.06. The highest BCUT2D eigenvalue weighted by Gasteiger charge is 2.08. The van der Waals surface area contributed by atoms with Gasteiger partial charge in [0.2, 0.25) is 0 Å². The number of hydrogen-bond acceptors (Lipinski definition) is 3. The summed E-state index contributed by atoms with van der Waals surface area (Å²) in [6.07, 6.45) is 5.08. The van der Waals surface area contributed by atoms with Gasteiger partial charge < -0.3 is 4.98 Å². The zero-order chi connectivity index (χ0) is 13.2. The topological polar surface area (TPSA) is 63.6 Å². The predicted octanol–water partition coefficient (Wildman–Crippen LogP) is 2.06. The maximum absolute atomic E-state index is 11.6. The summed E-state index contributed by atoms with van der Waals surface area (Å²) in [5.41, 5.74) is 2.60. The average Bonchev–Trinajstić information content (AvgIpc) is 2.85. The van der Waals surface area contributed by atoms with Crippen molar-refractivity contribution in [2.45, 2.75) is 19.8 Å². The van der Waals surface area contributed by atoms with E-state index in [4.69, 9.17) is 0 Å². The average molecular weight is 254 g/mol. The van der Waals surface area contributed by atoms with Gasteiger partial charge in [0.1, 0.15) is 5.39 Å². The predicted molar refractivity (Wildman–Crippen MR) is 73.5 cm³/mol. The van der Waals surface area contributed by atoms with Crippen LogP contribution >= 0.6 is 0 Å². The first-order chi connectivity index (χ1) is 9.29. The molecule has 5 heteroatoms. The molecule has 0 amide bonds. The quantitative estimate of drug-likeness (QED) is 0.778. The minimum Gasteiger partial charge on any atom is -0.312 e. The normalized spacial score (nSPS) is 11.0. The minimum absolute atomic E-state index is 0.166. The molecular formula is C14H14N4O. The molecule has 0 unspecified atom stereocenters. The van der Waals surface area contributed by atoms with Crippen molar-refractivity contribution in [3.8, 4) is 5.69 Å². The van der Waals surface area contributed by atoms with Gasteiger partial charge in [-0.2, -0.15) is 5.10 Å². The molecule has 0 saturated carbocycles. The Kier molecular flexibility index (Phi) is 2.87. The van der Waals surface area contributed by atoms with Crippen LogP contribution in [0, 0.1) is 0 Å². The van der Waals surface area contributed by atoms with E-state index in [9.17, 15) is 4.79 Å². The molecule has 19 heavy (non-hydrogen) atoms. The molecular weight excluding hydrogens is 240 g/mol. The SMILES string of the molecule is CCCc1cccc(-n2ncc3c(=O)[nH]cnc32)c1. The van der Waals surface area contributed by atoms with Gasteiger partial charge in [-0.05, 0) is 24.1 Å². The zero-order valence-electron chi connectivity index (χ0n) is 10.6. The number of benzene rings is 1. The monoisotopic (exact) mass is 254 g/mol. The summed E-state index contributed by atoms with van der Waals surface area (Å²) in [7, 11) is 0. The Morgan fingerprint density at radius 3 is 3.11 bits per heavy atom. The number of H-pyrrole nitrogens is 1. The van der Waals surface area contributed by atoms with E-state index < -0.39 is 0 Å². The van der Waals surface area contributed by atoms with Crippen LogP contribution in [0.4, 0.5) is 0 Å². The third-order valence-corrected chi connectivity index (χ3v) is 3.06. The maximum Gasteiger partial charge on any atom is 0.261 e. The second-order valence-electron chi connectivity index (χ2n) is 4.45. The molecule has 2 heterocycles. The number of hydrogen-bond donors (Lipinski definition) is 1. The van der Waals surface area contributed by atoms with Gasteiger partial charge in [0.15, 0.2) is 5.65 Å². The lowest BCUT2D eigenvalue weighted by atomic mass is 10.1. The molecule has 1 aromatic carbocycles. The fraction of sp³-hybridized carbons (Fsp3) is 0.214. The van der Waals surface area contributed by atoms with Crippen LogP contribution in [-0.4, -0.2) is 19.7 Å². The number of aromatic amines is 1. The minimum atomic E-state index is -0.166. The zero-order valence-corrected chi connectivity index (χ0v) is 10.6. The summed E-state index contributed by atoms with van der Waals surface area (Å²) < 4.78 is 1.70. The van der Waals surface area contributed by atoms with Crippen LogP contribution in [0.3, 0.4) is 0 Å². The van der Waals surface area contributed by atoms with E-state index >= 15 is 0 Å². The maximum atomic E-state index is 11.6. The summed E-state index contributed by atoms with van der Waals surface area (Å²) in [5, 5.41) is 4.76. The Morgan fingerprint density at radius 1 is 1.37 bits per heavy atom. The molecule has 1 N–H and O–H groups in total. The molecule has 0 fully saturated rings. The molecule has 5 nitrogen and oxygen atoms in total. The van der Waals surface area contributed by atoms with Gasteiger partial charge in [-0.1, -0.05) is 25.5 Å². The van der Waals surface area contributed by atoms with Gasteiger partial charge in [-0.15, -0.1) is 0 Å². The molecule has 0 aliphatic carbocycles. The highest BCUT2D eigenvalue weighted by Crippen LogP contribution is 2.15. The van der Waals surface area contributed by atoms with Crippen molar-refractivity contribution in [3.63, 3.8) is 0 Å². The molecule has 3 aromatic rings. The van der Waals surface area contributed by atoms with Crippen molar-refractivity contribution >= 4 is 11.0 Å². The van der Waals surface area contributed by atoms with Crippen molar-refractivity contribution in [2.24, 2.45) is 0 Å². The van der Waals surface area contributed by atoms with Crippen LogP contribution in [-0.2, 0) is 6.42 Å². The van der Waals surface area contributed by atoms with Crippen molar-refractivity contribution < 1.29 is 0 Å². The van der Waals surface area contributed by atoms with Crippen LogP contribution in [0.5, 0.6) is 0 Å². The Balaban J connectivity index is 2.16. The van der Waals surface area contributed by atoms with Gasteiger partial charge in [0.25, 0.3) is 5.56 Å². The van der Waals surface area contributed by atoms with Crippen LogP contribution in [0.25, 0.3) is 16.7 Å². The summed E-state index contributed by atoms with van der Waals surface area (Å²) in [6, 6.07) is 8.15. The van der Waals surface area contributed by atoms with Gasteiger partial charge in [0.05, 0.1) is 18.2 Å². The lowest BCUT2D eigenvalue weighted by Crippen LogP contribution is -2.06. The van der Waals surface area contributed by atoms with E-state index in [-0.39, 0.29) is 5.56 Å². The second-order valence-corrected chi connectivity index (χ2v) is 4.45. The molecule has 0 bridgehead atoms. The van der Waals surface area contributed by atoms with Crippen molar-refractivity contribution in [1.82, 2.24) is 19.7 Å². The highest BCUT2D eigenvalue weighted by molar-refractivity contribution is 5.74. The first-order valence-corrected chi connectivity index (χ1v) is 6.30. The number of fused-ring (bicyclic) bond motifs is 1. The lowest BCUT2D eigenvalue weighted by molar-refractivity contribution is 0.880. The van der Waals surface area contributed by atoms with Crippen LogP contribution in [0.15, 0.2) is 41.6 Å². The van der Waals surface area contributed by atoms with E-state index in [0.717, 1.165) is 18.5 Å². The number of nitrogens with one attached hydrogen (secondary N) is 1. The van der Waals surface area contributed by atoms with E-state index in [1.807, 2.05) is 12.1 Å². The van der Waals surface area contributed by atoms with Crippen molar-refractivity contribution in [3.05, 3.63) is 52.7 Å². The molecule has 0 atom stereocenters. The molecule has 0 saturated heterocycles. The van der Waals surface area contributed by atoms with E-state index in [1.54, 1.807) is 10.9 Å². The van der Waals surface area contributed by atoms with E-state index in [2.05, 4.69) is 34.1 Å². The van der Waals surface area contributed by atoms with E-state index in [0.29, 0.717) is 11.0 Å². The van der Waals surface area contributed by atoms with E-state index in [1.165, 1.54) is 11.9 Å². The van der Waals surface area contributed by atoms with Gasteiger partial charge in [0, 0.05) is 0 Å². The largest absolute Gasteiger partial charge is 0.312 e. The molecule has 0 spiro atoms. The Morgan fingerprint density at radius 2 is 2.26 bits per heavy atom. The smallest absolute Gasteiger partial charge is 0.261 e. The number of aromatic nitrogens is 4. The van der Waals surface area contributed by atoms with Gasteiger partial charge in [-0.3, -0.25) is 4.79 Å². The van der Waals surface area contributed by atoms with Gasteiger partial charge >= 0.3 is 0 Å². The molecule has 0 radical (unpaired) electrons. The van der Waals surface area contributed by atoms with Crippen molar-refractivity contribution in [2.75, 3.05) is 0 Å². The fourth-order valence-corrected chi connectivity index (χ4v) is 2.18. The third kappa shape index (κ3) is 2.03. The number of aryl methyl sites for hydroxylation is 1. The Hall–Kier alpha value is -2.43. The Labute approximate surface area is 109 Å². The van der Waals surface area contributed by atoms with Crippen LogP contribution in [0.1, 0.15) is 18.9 Å².